The standard InChI is InChI=1S/C27H35NO5/c1-2-32-26(30)22(28-25(29)23-18-7-3-4-8-19(18)23)15-16-11-13-17(14-12-16)33-27(31)24-20-9-5-6-10-21(20)24/h11-14,18-24H,2-10,15H2,1H3,(H,28,29)/t18-,19+,20-,21-,22+,23?/m1/s1. The van der Waals surface area contributed by atoms with Crippen molar-refractivity contribution in [2.45, 2.75) is 70.8 Å². The van der Waals surface area contributed by atoms with Crippen LogP contribution < -0.4 is 10.1 Å². The summed E-state index contributed by atoms with van der Waals surface area (Å²) in [5.74, 6) is 2.16. The average molecular weight is 454 g/mol. The number of fused-ring (bicyclic) bond motifs is 2. The Balaban J connectivity index is 1.17. The number of amides is 1. The van der Waals surface area contributed by atoms with E-state index in [0.29, 0.717) is 35.8 Å². The fraction of sp³-hybridized carbons (Fsp3) is 0.667. The van der Waals surface area contributed by atoms with Crippen LogP contribution in [-0.4, -0.2) is 30.5 Å². The molecule has 178 valence electrons. The first-order chi connectivity index (χ1) is 16.1. The molecule has 1 aromatic rings. The minimum Gasteiger partial charge on any atom is -0.464 e. The lowest BCUT2D eigenvalue weighted by molar-refractivity contribution is -0.147. The van der Waals surface area contributed by atoms with E-state index in [1.165, 1.54) is 25.7 Å². The molecule has 33 heavy (non-hydrogen) atoms. The zero-order valence-electron chi connectivity index (χ0n) is 19.5. The SMILES string of the molecule is CCOC(=O)[C@H](Cc1ccc(OC(=O)C2[C@@H]3CCCC[C@@H]23)cc1)NC(=O)C1[C@H]2CCCC[C@@H]12. The Kier molecular flexibility index (Phi) is 6.44. The van der Waals surface area contributed by atoms with Crippen molar-refractivity contribution in [1.29, 1.82) is 0 Å². The summed E-state index contributed by atoms with van der Waals surface area (Å²) >= 11 is 0. The van der Waals surface area contributed by atoms with Gasteiger partial charge < -0.3 is 14.8 Å². The molecule has 4 saturated carbocycles. The largest absolute Gasteiger partial charge is 0.464 e. The summed E-state index contributed by atoms with van der Waals surface area (Å²) in [6.45, 7) is 2.04. The Hall–Kier alpha value is -2.37. The third-order valence-electron chi connectivity index (χ3n) is 8.36. The molecule has 4 aliphatic rings. The van der Waals surface area contributed by atoms with Crippen LogP contribution >= 0.6 is 0 Å². The first-order valence-corrected chi connectivity index (χ1v) is 12.8. The fourth-order valence-electron chi connectivity index (χ4n) is 6.54. The number of rotatable bonds is 8. The van der Waals surface area contributed by atoms with E-state index in [9.17, 15) is 14.4 Å². The molecule has 0 saturated heterocycles. The smallest absolute Gasteiger partial charge is 0.328 e. The van der Waals surface area contributed by atoms with E-state index >= 15 is 0 Å². The van der Waals surface area contributed by atoms with Gasteiger partial charge in [0.05, 0.1) is 12.5 Å². The second-order valence-electron chi connectivity index (χ2n) is 10.4. The number of hydrogen-bond donors (Lipinski definition) is 1. The van der Waals surface area contributed by atoms with Crippen LogP contribution in [0.25, 0.3) is 0 Å². The van der Waals surface area contributed by atoms with Gasteiger partial charge in [-0.25, -0.2) is 4.79 Å². The Morgan fingerprint density at radius 3 is 1.97 bits per heavy atom. The molecule has 1 aromatic carbocycles. The predicted octanol–water partition coefficient (Wildman–Crippen LogP) is 4.05. The Bertz CT molecular complexity index is 872. The van der Waals surface area contributed by atoms with E-state index in [1.807, 2.05) is 12.1 Å². The molecule has 0 radical (unpaired) electrons. The Morgan fingerprint density at radius 2 is 1.42 bits per heavy atom. The molecular formula is C27H35NO5. The van der Waals surface area contributed by atoms with Crippen molar-refractivity contribution in [1.82, 2.24) is 5.32 Å². The van der Waals surface area contributed by atoms with Gasteiger partial charge in [-0.1, -0.05) is 37.8 Å². The van der Waals surface area contributed by atoms with Gasteiger partial charge in [-0.15, -0.1) is 0 Å². The van der Waals surface area contributed by atoms with Crippen LogP contribution in [-0.2, 0) is 25.5 Å². The number of esters is 2. The summed E-state index contributed by atoms with van der Waals surface area (Å²) in [6, 6.07) is 6.57. The highest BCUT2D eigenvalue weighted by Gasteiger charge is 2.56. The molecule has 0 bridgehead atoms. The van der Waals surface area contributed by atoms with E-state index in [-0.39, 0.29) is 30.3 Å². The van der Waals surface area contributed by atoms with E-state index in [1.54, 1.807) is 19.1 Å². The molecule has 1 amide bonds. The lowest BCUT2D eigenvalue weighted by Gasteiger charge is -2.18. The molecule has 6 nitrogen and oxygen atoms in total. The number of carbonyl (C=O) groups excluding carboxylic acids is 3. The zero-order chi connectivity index (χ0) is 22.9. The Morgan fingerprint density at radius 1 is 0.879 bits per heavy atom. The summed E-state index contributed by atoms with van der Waals surface area (Å²) in [4.78, 5) is 37.9. The molecule has 1 unspecified atom stereocenters. The molecule has 5 rings (SSSR count). The van der Waals surface area contributed by atoms with E-state index < -0.39 is 12.0 Å². The van der Waals surface area contributed by atoms with Gasteiger partial charge >= 0.3 is 11.9 Å². The minimum atomic E-state index is -0.705. The maximum Gasteiger partial charge on any atom is 0.328 e. The van der Waals surface area contributed by atoms with Crippen molar-refractivity contribution < 1.29 is 23.9 Å². The minimum absolute atomic E-state index is 0.0126. The van der Waals surface area contributed by atoms with Crippen molar-refractivity contribution in [3.8, 4) is 5.75 Å². The zero-order valence-corrected chi connectivity index (χ0v) is 19.5. The van der Waals surface area contributed by atoms with Crippen molar-refractivity contribution in [3.63, 3.8) is 0 Å². The molecule has 1 N–H and O–H groups in total. The summed E-state index contributed by atoms with van der Waals surface area (Å²) in [7, 11) is 0. The third kappa shape index (κ3) is 4.80. The quantitative estimate of drug-likeness (QED) is 0.474. The summed E-state index contributed by atoms with van der Waals surface area (Å²) in [6.07, 6.45) is 9.73. The highest BCUT2D eigenvalue weighted by atomic mass is 16.5. The number of benzene rings is 1. The third-order valence-corrected chi connectivity index (χ3v) is 8.36. The lowest BCUT2D eigenvalue weighted by atomic mass is 10.0. The molecule has 6 heteroatoms. The molecular weight excluding hydrogens is 418 g/mol. The van der Waals surface area contributed by atoms with Crippen LogP contribution in [0.5, 0.6) is 5.75 Å². The normalized spacial score (nSPS) is 32.5. The second kappa shape index (κ2) is 9.47. The van der Waals surface area contributed by atoms with Gasteiger partial charge in [-0.3, -0.25) is 9.59 Å². The van der Waals surface area contributed by atoms with Gasteiger partial charge in [0.15, 0.2) is 0 Å². The van der Waals surface area contributed by atoms with Crippen LogP contribution in [0.1, 0.15) is 63.9 Å². The number of carbonyl (C=O) groups is 3. The highest BCUT2D eigenvalue weighted by molar-refractivity contribution is 5.88. The number of hydrogen-bond acceptors (Lipinski definition) is 5. The first kappa shape index (κ1) is 22.4. The lowest BCUT2D eigenvalue weighted by Crippen LogP contribution is -2.44. The molecule has 4 aliphatic carbocycles. The summed E-state index contributed by atoms with van der Waals surface area (Å²) in [5.41, 5.74) is 0.890. The van der Waals surface area contributed by atoms with Gasteiger partial charge in [-0.05, 0) is 74.0 Å². The molecule has 0 aromatic heterocycles. The summed E-state index contributed by atoms with van der Waals surface area (Å²) < 4.78 is 10.9. The molecule has 0 spiro atoms. The maximum absolute atomic E-state index is 12.9. The van der Waals surface area contributed by atoms with Crippen molar-refractivity contribution in [2.24, 2.45) is 35.5 Å². The molecule has 6 atom stereocenters. The van der Waals surface area contributed by atoms with E-state index in [0.717, 1.165) is 31.2 Å². The van der Waals surface area contributed by atoms with Crippen LogP contribution in [0.3, 0.4) is 0 Å². The van der Waals surface area contributed by atoms with Gasteiger partial charge in [0, 0.05) is 12.3 Å². The first-order valence-electron chi connectivity index (χ1n) is 12.8. The van der Waals surface area contributed by atoms with Crippen LogP contribution in [0.4, 0.5) is 0 Å². The average Bonchev–Trinajstić information content (AvgIpc) is 3.72. The van der Waals surface area contributed by atoms with Gasteiger partial charge in [0.25, 0.3) is 0 Å². The number of ether oxygens (including phenoxy) is 2. The maximum atomic E-state index is 12.9. The predicted molar refractivity (Wildman–Crippen MR) is 122 cm³/mol. The molecule has 0 aliphatic heterocycles. The van der Waals surface area contributed by atoms with Crippen molar-refractivity contribution in [2.75, 3.05) is 6.61 Å². The summed E-state index contributed by atoms with van der Waals surface area (Å²) in [5, 5.41) is 2.97. The van der Waals surface area contributed by atoms with Gasteiger partial charge in [-0.2, -0.15) is 0 Å². The fourth-order valence-corrected chi connectivity index (χ4v) is 6.54. The van der Waals surface area contributed by atoms with Crippen molar-refractivity contribution in [3.05, 3.63) is 29.8 Å². The Labute approximate surface area is 195 Å². The van der Waals surface area contributed by atoms with Crippen LogP contribution in [0.15, 0.2) is 24.3 Å². The molecule has 0 heterocycles. The second-order valence-corrected chi connectivity index (χ2v) is 10.4. The monoisotopic (exact) mass is 453 g/mol. The van der Waals surface area contributed by atoms with Crippen LogP contribution in [0, 0.1) is 35.5 Å². The van der Waals surface area contributed by atoms with E-state index in [4.69, 9.17) is 9.47 Å². The molecule has 4 fully saturated rings. The van der Waals surface area contributed by atoms with Gasteiger partial charge in [0.2, 0.25) is 5.91 Å². The number of nitrogens with one attached hydrogen (secondary N) is 1. The topological polar surface area (TPSA) is 81.7 Å². The van der Waals surface area contributed by atoms with Crippen molar-refractivity contribution >= 4 is 17.8 Å². The van der Waals surface area contributed by atoms with Crippen LogP contribution in [0.2, 0.25) is 0 Å². The highest BCUT2D eigenvalue weighted by Crippen LogP contribution is 2.56. The van der Waals surface area contributed by atoms with E-state index in [2.05, 4.69) is 5.32 Å². The van der Waals surface area contributed by atoms with Gasteiger partial charge in [0.1, 0.15) is 11.8 Å².